The van der Waals surface area contributed by atoms with Crippen molar-refractivity contribution in [1.29, 1.82) is 0 Å². The fourth-order valence-corrected chi connectivity index (χ4v) is 5.14. The minimum Gasteiger partial charge on any atom is -0.382 e. The highest BCUT2D eigenvalue weighted by Gasteiger charge is 2.43. The van der Waals surface area contributed by atoms with Gasteiger partial charge in [0.15, 0.2) is 11.5 Å². The molecule has 2 aliphatic rings. The second kappa shape index (κ2) is 9.11. The Bertz CT molecular complexity index is 1460. The summed E-state index contributed by atoms with van der Waals surface area (Å²) >= 11 is 0. The molecule has 10 heteroatoms. The second-order valence-electron chi connectivity index (χ2n) is 10.1. The molecule has 1 aliphatic carbocycles. The molecule has 1 aromatic carbocycles. The highest BCUT2D eigenvalue weighted by molar-refractivity contribution is 5.88. The molecule has 0 spiro atoms. The molecule has 1 amide bonds. The molecule has 1 unspecified atom stereocenters. The molecule has 190 valence electrons. The molecule has 1 atom stereocenters. The quantitative estimate of drug-likeness (QED) is 0.353. The number of benzene rings is 1. The number of amides is 1. The van der Waals surface area contributed by atoms with Crippen molar-refractivity contribution in [3.63, 3.8) is 0 Å². The van der Waals surface area contributed by atoms with E-state index in [1.807, 2.05) is 22.8 Å². The van der Waals surface area contributed by atoms with Crippen molar-refractivity contribution in [1.82, 2.24) is 29.8 Å². The summed E-state index contributed by atoms with van der Waals surface area (Å²) in [7, 11) is 0. The maximum absolute atomic E-state index is 13.0. The molecular formula is C27H31N9O. The summed E-state index contributed by atoms with van der Waals surface area (Å²) < 4.78 is 2.00. The molecule has 4 aromatic rings. The van der Waals surface area contributed by atoms with Gasteiger partial charge in [0.25, 0.3) is 0 Å². The molecular weight excluding hydrogens is 466 g/mol. The van der Waals surface area contributed by atoms with Gasteiger partial charge in [-0.1, -0.05) is 13.0 Å². The maximum Gasteiger partial charge on any atom is 0.242 e. The maximum atomic E-state index is 13.0. The largest absolute Gasteiger partial charge is 0.382 e. The van der Waals surface area contributed by atoms with Gasteiger partial charge < -0.3 is 26.3 Å². The molecule has 10 nitrogen and oxygen atoms in total. The molecule has 6 rings (SSSR count). The van der Waals surface area contributed by atoms with E-state index in [0.29, 0.717) is 43.0 Å². The number of carbonyl (C=O) groups is 1. The first kappa shape index (κ1) is 23.4. The molecule has 0 bridgehead atoms. The molecule has 1 saturated heterocycles. The number of carbonyl (C=O) groups excluding carboxylic acids is 1. The van der Waals surface area contributed by atoms with Gasteiger partial charge in [0.1, 0.15) is 17.4 Å². The van der Waals surface area contributed by atoms with E-state index in [0.717, 1.165) is 41.8 Å². The summed E-state index contributed by atoms with van der Waals surface area (Å²) in [5, 5.41) is 3.11. The summed E-state index contributed by atoms with van der Waals surface area (Å²) in [4.78, 5) is 32.8. The monoisotopic (exact) mass is 497 g/mol. The number of nitrogens with one attached hydrogen (secondary N) is 1. The lowest BCUT2D eigenvalue weighted by Crippen LogP contribution is -2.56. The van der Waals surface area contributed by atoms with Gasteiger partial charge in [-0.25, -0.2) is 15.0 Å². The van der Waals surface area contributed by atoms with Crippen LogP contribution in [0.15, 0.2) is 49.2 Å². The molecule has 3 aromatic heterocycles. The number of nitrogen functional groups attached to an aromatic ring is 1. The van der Waals surface area contributed by atoms with Crippen LogP contribution in [0.4, 0.5) is 11.5 Å². The summed E-state index contributed by atoms with van der Waals surface area (Å²) in [5.74, 6) is 0.308. The van der Waals surface area contributed by atoms with Crippen molar-refractivity contribution in [2.45, 2.75) is 50.7 Å². The Morgan fingerprint density at radius 3 is 2.81 bits per heavy atom. The van der Waals surface area contributed by atoms with Crippen molar-refractivity contribution >= 4 is 28.6 Å². The molecule has 4 heterocycles. The standard InChI is InChI=1S/C27H31N9O/c1-2-17-11-18(21-5-3-4-9-30-21)12-22(35-10-8-27(29,14-35)26(37)34-19-6-7-19)20(17)13-36-16-33-23-24(28)31-15-32-25(23)36/h3-5,9,11-12,15-16,19H,2,6-8,10,13-14,29H2,1H3,(H,34,37)(H2,28,31,32). The predicted octanol–water partition coefficient (Wildman–Crippen LogP) is 2.27. The van der Waals surface area contributed by atoms with Crippen LogP contribution in [0, 0.1) is 0 Å². The summed E-state index contributed by atoms with van der Waals surface area (Å²) in [6.07, 6.45) is 8.52. The van der Waals surface area contributed by atoms with Crippen LogP contribution < -0.4 is 21.7 Å². The zero-order valence-corrected chi connectivity index (χ0v) is 20.9. The van der Waals surface area contributed by atoms with Crippen molar-refractivity contribution in [3.8, 4) is 11.3 Å². The van der Waals surface area contributed by atoms with E-state index >= 15 is 0 Å². The minimum atomic E-state index is -0.920. The summed E-state index contributed by atoms with van der Waals surface area (Å²) in [6, 6.07) is 10.6. The molecule has 1 aliphatic heterocycles. The third-order valence-electron chi connectivity index (χ3n) is 7.42. The number of hydrogen-bond donors (Lipinski definition) is 3. The van der Waals surface area contributed by atoms with E-state index in [4.69, 9.17) is 11.5 Å². The van der Waals surface area contributed by atoms with Crippen LogP contribution in [-0.4, -0.2) is 55.1 Å². The lowest BCUT2D eigenvalue weighted by atomic mass is 9.96. The third-order valence-corrected chi connectivity index (χ3v) is 7.42. The van der Waals surface area contributed by atoms with Gasteiger partial charge in [0.2, 0.25) is 5.91 Å². The number of imidazole rings is 1. The van der Waals surface area contributed by atoms with Crippen LogP contribution >= 0.6 is 0 Å². The van der Waals surface area contributed by atoms with Crippen LogP contribution in [0.25, 0.3) is 22.4 Å². The number of aryl methyl sites for hydroxylation is 1. The van der Waals surface area contributed by atoms with Crippen LogP contribution in [0.5, 0.6) is 0 Å². The first-order chi connectivity index (χ1) is 17.9. The van der Waals surface area contributed by atoms with Crippen LogP contribution in [0.2, 0.25) is 0 Å². The van der Waals surface area contributed by atoms with Gasteiger partial charge in [-0.3, -0.25) is 9.78 Å². The van der Waals surface area contributed by atoms with Crippen molar-refractivity contribution < 1.29 is 4.79 Å². The van der Waals surface area contributed by atoms with E-state index in [9.17, 15) is 4.79 Å². The predicted molar refractivity (Wildman–Crippen MR) is 143 cm³/mol. The average Bonchev–Trinajstić information content (AvgIpc) is 3.49. The van der Waals surface area contributed by atoms with Gasteiger partial charge in [-0.2, -0.15) is 0 Å². The van der Waals surface area contributed by atoms with Crippen LogP contribution in [-0.2, 0) is 17.8 Å². The Morgan fingerprint density at radius 2 is 2.05 bits per heavy atom. The molecule has 2 fully saturated rings. The fraction of sp³-hybridized carbons (Fsp3) is 0.370. The van der Waals surface area contributed by atoms with E-state index in [2.05, 4.69) is 49.2 Å². The first-order valence-corrected chi connectivity index (χ1v) is 12.8. The summed E-state index contributed by atoms with van der Waals surface area (Å²) in [6.45, 7) is 3.84. The topological polar surface area (TPSA) is 141 Å². The number of nitrogens with two attached hydrogens (primary N) is 2. The molecule has 0 radical (unpaired) electrons. The van der Waals surface area contributed by atoms with Crippen LogP contribution in [0.1, 0.15) is 37.3 Å². The normalized spacial score (nSPS) is 19.5. The number of aromatic nitrogens is 5. The second-order valence-corrected chi connectivity index (χ2v) is 10.1. The Hall–Kier alpha value is -4.05. The van der Waals surface area contributed by atoms with Crippen molar-refractivity contribution in [3.05, 3.63) is 60.3 Å². The highest BCUT2D eigenvalue weighted by Crippen LogP contribution is 2.36. The summed E-state index contributed by atoms with van der Waals surface area (Å²) in [5.41, 5.74) is 18.4. The van der Waals surface area contributed by atoms with Gasteiger partial charge >= 0.3 is 0 Å². The van der Waals surface area contributed by atoms with E-state index in [-0.39, 0.29) is 11.9 Å². The van der Waals surface area contributed by atoms with Gasteiger partial charge in [0.05, 0.1) is 18.6 Å². The number of pyridine rings is 1. The SMILES string of the molecule is CCc1cc(-c2ccccn2)cc(N2CCC(N)(C(=O)NC3CC3)C2)c1Cn1cnc2c(N)ncnc21. The van der Waals surface area contributed by atoms with E-state index in [1.54, 1.807) is 12.5 Å². The smallest absolute Gasteiger partial charge is 0.242 e. The van der Waals surface area contributed by atoms with Gasteiger partial charge in [-0.15, -0.1) is 0 Å². The highest BCUT2D eigenvalue weighted by atomic mass is 16.2. The van der Waals surface area contributed by atoms with Crippen molar-refractivity contribution in [2.24, 2.45) is 5.73 Å². The van der Waals surface area contributed by atoms with E-state index < -0.39 is 5.54 Å². The Labute approximate surface area is 215 Å². The number of hydrogen-bond acceptors (Lipinski definition) is 8. The number of anilines is 2. The average molecular weight is 498 g/mol. The Morgan fingerprint density at radius 1 is 1.19 bits per heavy atom. The first-order valence-electron chi connectivity index (χ1n) is 12.8. The Balaban J connectivity index is 1.42. The third kappa shape index (κ3) is 4.37. The van der Waals surface area contributed by atoms with Gasteiger partial charge in [-0.05, 0) is 61.1 Å². The molecule has 37 heavy (non-hydrogen) atoms. The van der Waals surface area contributed by atoms with Crippen molar-refractivity contribution in [2.75, 3.05) is 23.7 Å². The lowest BCUT2D eigenvalue weighted by Gasteiger charge is -2.28. The van der Waals surface area contributed by atoms with E-state index in [1.165, 1.54) is 11.9 Å². The lowest BCUT2D eigenvalue weighted by molar-refractivity contribution is -0.125. The zero-order valence-electron chi connectivity index (χ0n) is 20.9. The Kier molecular flexibility index (Phi) is 5.75. The fourth-order valence-electron chi connectivity index (χ4n) is 5.14. The van der Waals surface area contributed by atoms with Crippen LogP contribution in [0.3, 0.4) is 0 Å². The number of fused-ring (bicyclic) bond motifs is 1. The number of nitrogens with zero attached hydrogens (tertiary/aromatic N) is 6. The zero-order chi connectivity index (χ0) is 25.6. The molecule has 5 N–H and O–H groups in total. The molecule has 1 saturated carbocycles. The van der Waals surface area contributed by atoms with Gasteiger partial charge in [0, 0.05) is 36.6 Å². The number of rotatable bonds is 7. The minimum absolute atomic E-state index is 0.0524.